The maximum absolute atomic E-state index is 10.6. The van der Waals surface area contributed by atoms with Gasteiger partial charge in [0.05, 0.1) is 6.61 Å². The van der Waals surface area contributed by atoms with Crippen molar-refractivity contribution in [2.75, 3.05) is 6.61 Å². The molecule has 76 valence electrons. The van der Waals surface area contributed by atoms with Gasteiger partial charge in [-0.3, -0.25) is 4.79 Å². The fourth-order valence-electron chi connectivity index (χ4n) is 1.26. The SMILES string of the molecule is CC(=O)O[C@@H]1[C@@H](O)[C@@H](C)CO[C@H]1O. The molecule has 0 amide bonds. The van der Waals surface area contributed by atoms with Gasteiger partial charge in [-0.2, -0.15) is 0 Å². The third-order valence-corrected chi connectivity index (χ3v) is 2.03. The van der Waals surface area contributed by atoms with Crippen molar-refractivity contribution in [2.45, 2.75) is 32.3 Å². The molecule has 1 heterocycles. The summed E-state index contributed by atoms with van der Waals surface area (Å²) < 4.78 is 9.61. The Bertz CT molecular complexity index is 193. The molecule has 0 bridgehead atoms. The van der Waals surface area contributed by atoms with Gasteiger partial charge in [0, 0.05) is 12.8 Å². The minimum Gasteiger partial charge on any atom is -0.454 e. The van der Waals surface area contributed by atoms with Crippen LogP contribution in [-0.2, 0) is 14.3 Å². The molecule has 0 aromatic rings. The summed E-state index contributed by atoms with van der Waals surface area (Å²) >= 11 is 0. The molecule has 0 spiro atoms. The molecule has 2 N–H and O–H groups in total. The molecule has 5 heteroatoms. The molecule has 1 aliphatic heterocycles. The van der Waals surface area contributed by atoms with Gasteiger partial charge in [-0.15, -0.1) is 0 Å². The lowest BCUT2D eigenvalue weighted by molar-refractivity contribution is -0.246. The lowest BCUT2D eigenvalue weighted by Crippen LogP contribution is -2.51. The third kappa shape index (κ3) is 2.40. The molecule has 0 unspecified atom stereocenters. The molecule has 0 aromatic carbocycles. The number of hydrogen-bond donors (Lipinski definition) is 2. The number of aliphatic hydroxyl groups is 2. The van der Waals surface area contributed by atoms with Crippen molar-refractivity contribution in [1.82, 2.24) is 0 Å². The smallest absolute Gasteiger partial charge is 0.303 e. The Balaban J connectivity index is 2.60. The van der Waals surface area contributed by atoms with Crippen LogP contribution >= 0.6 is 0 Å². The van der Waals surface area contributed by atoms with Crippen molar-refractivity contribution in [3.05, 3.63) is 0 Å². The summed E-state index contributed by atoms with van der Waals surface area (Å²) in [5, 5.41) is 18.8. The number of carbonyl (C=O) groups is 1. The number of carbonyl (C=O) groups excluding carboxylic acids is 1. The summed E-state index contributed by atoms with van der Waals surface area (Å²) in [6, 6.07) is 0. The second-order valence-corrected chi connectivity index (χ2v) is 3.27. The van der Waals surface area contributed by atoms with E-state index in [1.807, 2.05) is 0 Å². The third-order valence-electron chi connectivity index (χ3n) is 2.03. The second-order valence-electron chi connectivity index (χ2n) is 3.27. The Morgan fingerprint density at radius 3 is 2.69 bits per heavy atom. The largest absolute Gasteiger partial charge is 0.454 e. The van der Waals surface area contributed by atoms with Crippen molar-refractivity contribution >= 4 is 5.97 Å². The van der Waals surface area contributed by atoms with Crippen LogP contribution in [-0.4, -0.2) is 41.3 Å². The van der Waals surface area contributed by atoms with Gasteiger partial charge in [0.2, 0.25) is 0 Å². The predicted molar refractivity (Wildman–Crippen MR) is 42.7 cm³/mol. The van der Waals surface area contributed by atoms with Crippen molar-refractivity contribution in [1.29, 1.82) is 0 Å². The monoisotopic (exact) mass is 190 g/mol. The Hall–Kier alpha value is -0.650. The zero-order chi connectivity index (χ0) is 10.0. The van der Waals surface area contributed by atoms with Crippen LogP contribution in [0.25, 0.3) is 0 Å². The molecule has 1 rings (SSSR count). The molecule has 0 saturated carbocycles. The summed E-state index contributed by atoms with van der Waals surface area (Å²) in [6.45, 7) is 3.24. The minimum atomic E-state index is -1.23. The first-order valence-corrected chi connectivity index (χ1v) is 4.17. The average molecular weight is 190 g/mol. The lowest BCUT2D eigenvalue weighted by Gasteiger charge is -2.35. The first-order valence-electron chi connectivity index (χ1n) is 4.17. The molecule has 0 radical (unpaired) electrons. The van der Waals surface area contributed by atoms with Crippen LogP contribution in [0.5, 0.6) is 0 Å². The van der Waals surface area contributed by atoms with E-state index in [4.69, 9.17) is 9.47 Å². The first-order chi connectivity index (χ1) is 6.02. The zero-order valence-corrected chi connectivity index (χ0v) is 7.64. The van der Waals surface area contributed by atoms with E-state index in [1.165, 1.54) is 6.92 Å². The molecule has 1 fully saturated rings. The quantitative estimate of drug-likeness (QED) is 0.533. The molecule has 5 nitrogen and oxygen atoms in total. The average Bonchev–Trinajstić information content (AvgIpc) is 2.05. The Morgan fingerprint density at radius 1 is 1.54 bits per heavy atom. The van der Waals surface area contributed by atoms with E-state index in [0.29, 0.717) is 0 Å². The summed E-state index contributed by atoms with van der Waals surface area (Å²) in [5.41, 5.74) is 0. The maximum atomic E-state index is 10.6. The fraction of sp³-hybridized carbons (Fsp3) is 0.875. The van der Waals surface area contributed by atoms with Crippen molar-refractivity contribution in [2.24, 2.45) is 5.92 Å². The van der Waals surface area contributed by atoms with Gasteiger partial charge in [-0.1, -0.05) is 6.92 Å². The zero-order valence-electron chi connectivity index (χ0n) is 7.64. The summed E-state index contributed by atoms with van der Waals surface area (Å²) in [7, 11) is 0. The van der Waals surface area contributed by atoms with Gasteiger partial charge in [-0.25, -0.2) is 0 Å². The van der Waals surface area contributed by atoms with Gasteiger partial charge in [0.1, 0.15) is 6.10 Å². The van der Waals surface area contributed by atoms with Crippen LogP contribution in [0.2, 0.25) is 0 Å². The van der Waals surface area contributed by atoms with Crippen LogP contribution in [0.15, 0.2) is 0 Å². The molecule has 0 aliphatic carbocycles. The summed E-state index contributed by atoms with van der Waals surface area (Å²) in [4.78, 5) is 10.6. The van der Waals surface area contributed by atoms with E-state index in [2.05, 4.69) is 0 Å². The molecule has 0 aromatic heterocycles. The minimum absolute atomic E-state index is 0.146. The van der Waals surface area contributed by atoms with Crippen molar-refractivity contribution in [3.63, 3.8) is 0 Å². The van der Waals surface area contributed by atoms with Gasteiger partial charge in [0.15, 0.2) is 12.4 Å². The number of rotatable bonds is 1. The highest BCUT2D eigenvalue weighted by Crippen LogP contribution is 2.21. The topological polar surface area (TPSA) is 76.0 Å². The van der Waals surface area contributed by atoms with Gasteiger partial charge in [0.25, 0.3) is 0 Å². The van der Waals surface area contributed by atoms with Crippen molar-refractivity contribution in [3.8, 4) is 0 Å². The van der Waals surface area contributed by atoms with E-state index in [-0.39, 0.29) is 12.5 Å². The molecule has 1 saturated heterocycles. The van der Waals surface area contributed by atoms with Crippen LogP contribution in [0.4, 0.5) is 0 Å². The summed E-state index contributed by atoms with van der Waals surface area (Å²) in [5.74, 6) is -0.687. The highest BCUT2D eigenvalue weighted by Gasteiger charge is 2.38. The Kier molecular flexibility index (Phi) is 3.24. The number of aliphatic hydroxyl groups excluding tert-OH is 2. The fourth-order valence-corrected chi connectivity index (χ4v) is 1.26. The van der Waals surface area contributed by atoms with E-state index in [0.717, 1.165) is 0 Å². The Morgan fingerprint density at radius 2 is 2.15 bits per heavy atom. The van der Waals surface area contributed by atoms with Crippen LogP contribution < -0.4 is 0 Å². The number of esters is 1. The van der Waals surface area contributed by atoms with Gasteiger partial charge >= 0.3 is 5.97 Å². The Labute approximate surface area is 76.3 Å². The predicted octanol–water partition coefficient (Wildman–Crippen LogP) is -0.736. The van der Waals surface area contributed by atoms with E-state index >= 15 is 0 Å². The highest BCUT2D eigenvalue weighted by atomic mass is 16.6. The number of ether oxygens (including phenoxy) is 2. The molecular formula is C8H14O5. The normalized spacial score (nSPS) is 40.0. The summed E-state index contributed by atoms with van der Waals surface area (Å²) in [6.07, 6.45) is -3.07. The highest BCUT2D eigenvalue weighted by molar-refractivity contribution is 5.66. The number of hydrogen-bond acceptors (Lipinski definition) is 5. The van der Waals surface area contributed by atoms with E-state index in [1.54, 1.807) is 6.92 Å². The van der Waals surface area contributed by atoms with E-state index < -0.39 is 24.5 Å². The molecule has 4 atom stereocenters. The molecular weight excluding hydrogens is 176 g/mol. The maximum Gasteiger partial charge on any atom is 0.303 e. The van der Waals surface area contributed by atoms with Gasteiger partial charge in [-0.05, 0) is 0 Å². The van der Waals surface area contributed by atoms with Gasteiger partial charge < -0.3 is 19.7 Å². The van der Waals surface area contributed by atoms with E-state index in [9.17, 15) is 15.0 Å². The van der Waals surface area contributed by atoms with Crippen LogP contribution in [0.3, 0.4) is 0 Å². The standard InChI is InChI=1S/C8H14O5/c1-4-3-12-8(11)7(6(4)10)13-5(2)9/h4,6-8,10-11H,3H2,1-2H3/t4-,6-,7+,8+/m0/s1. The van der Waals surface area contributed by atoms with Crippen LogP contribution in [0.1, 0.15) is 13.8 Å². The molecule has 13 heavy (non-hydrogen) atoms. The first kappa shape index (κ1) is 10.4. The second kappa shape index (κ2) is 4.04. The van der Waals surface area contributed by atoms with Crippen molar-refractivity contribution < 1.29 is 24.5 Å². The van der Waals surface area contributed by atoms with Crippen LogP contribution in [0, 0.1) is 5.92 Å². The lowest BCUT2D eigenvalue weighted by atomic mass is 9.97. The molecule has 1 aliphatic rings.